The minimum Gasteiger partial charge on any atom is -0.383 e. The number of nitro groups is 1. The highest BCUT2D eigenvalue weighted by molar-refractivity contribution is 6.10. The molecule has 24 heavy (non-hydrogen) atoms. The van der Waals surface area contributed by atoms with Crippen LogP contribution in [0, 0.1) is 10.1 Å². The van der Waals surface area contributed by atoms with Gasteiger partial charge in [0, 0.05) is 29.4 Å². The Morgan fingerprint density at radius 2 is 1.75 bits per heavy atom. The number of nitrogen functional groups attached to an aromatic ring is 2. The van der Waals surface area contributed by atoms with Crippen molar-refractivity contribution in [2.75, 3.05) is 11.5 Å². The molecule has 0 unspecified atom stereocenters. The molecule has 2 aromatic heterocycles. The van der Waals surface area contributed by atoms with Gasteiger partial charge < -0.3 is 16.0 Å². The summed E-state index contributed by atoms with van der Waals surface area (Å²) in [4.78, 5) is 18.6. The van der Waals surface area contributed by atoms with Crippen LogP contribution >= 0.6 is 0 Å². The fourth-order valence-electron chi connectivity index (χ4n) is 2.86. The van der Waals surface area contributed by atoms with Gasteiger partial charge in [-0.25, -0.2) is 4.98 Å². The predicted molar refractivity (Wildman–Crippen MR) is 91.9 cm³/mol. The molecular formula is C16H12N6O2. The average Bonchev–Trinajstić information content (AvgIpc) is 2.98. The van der Waals surface area contributed by atoms with E-state index in [1.807, 2.05) is 29.0 Å². The van der Waals surface area contributed by atoms with Crippen molar-refractivity contribution in [3.8, 4) is 5.69 Å². The molecule has 0 saturated carbocycles. The Morgan fingerprint density at radius 3 is 2.46 bits per heavy atom. The van der Waals surface area contributed by atoms with Crippen LogP contribution in [0.2, 0.25) is 0 Å². The minimum atomic E-state index is -0.423. The van der Waals surface area contributed by atoms with Crippen molar-refractivity contribution in [1.82, 2.24) is 14.5 Å². The van der Waals surface area contributed by atoms with E-state index in [0.717, 1.165) is 22.0 Å². The van der Waals surface area contributed by atoms with E-state index in [1.54, 1.807) is 12.1 Å². The number of benzene rings is 2. The van der Waals surface area contributed by atoms with E-state index in [-0.39, 0.29) is 11.6 Å². The number of aromatic nitrogens is 3. The second kappa shape index (κ2) is 4.92. The van der Waals surface area contributed by atoms with Crippen molar-refractivity contribution in [2.45, 2.75) is 0 Å². The summed E-state index contributed by atoms with van der Waals surface area (Å²) in [5.74, 6) is 0.457. The highest BCUT2D eigenvalue weighted by Crippen LogP contribution is 2.31. The average molecular weight is 320 g/mol. The molecular weight excluding hydrogens is 308 g/mol. The molecule has 0 aliphatic rings. The molecule has 0 radical (unpaired) electrons. The summed E-state index contributed by atoms with van der Waals surface area (Å²) in [6.45, 7) is 0. The molecule has 0 aliphatic heterocycles. The fraction of sp³-hybridized carbons (Fsp3) is 0. The van der Waals surface area contributed by atoms with Gasteiger partial charge in [0.05, 0.1) is 21.3 Å². The summed E-state index contributed by atoms with van der Waals surface area (Å²) in [5.41, 5.74) is 14.1. The number of fused-ring (bicyclic) bond motifs is 3. The number of nitrogens with zero attached hydrogens (tertiary/aromatic N) is 4. The number of nitro benzene ring substituents is 1. The zero-order valence-electron chi connectivity index (χ0n) is 12.4. The first-order valence-corrected chi connectivity index (χ1v) is 7.12. The van der Waals surface area contributed by atoms with E-state index in [1.165, 1.54) is 12.1 Å². The first-order valence-electron chi connectivity index (χ1n) is 7.12. The lowest BCUT2D eigenvalue weighted by atomic mass is 10.1. The Morgan fingerprint density at radius 1 is 1.00 bits per heavy atom. The van der Waals surface area contributed by atoms with Crippen LogP contribution < -0.4 is 11.5 Å². The van der Waals surface area contributed by atoms with Crippen molar-refractivity contribution < 1.29 is 4.92 Å². The van der Waals surface area contributed by atoms with Crippen LogP contribution in [-0.4, -0.2) is 19.5 Å². The topological polar surface area (TPSA) is 126 Å². The standard InChI is InChI=1S/C16H12N6O2/c17-15-14-11-7-8-21(9-1-3-10(4-2-9)22(23)24)13(11)6-5-12(14)19-16(18)20-15/h1-8H,(H4,17,18,19,20). The molecule has 8 heteroatoms. The van der Waals surface area contributed by atoms with Crippen molar-refractivity contribution in [1.29, 1.82) is 0 Å². The van der Waals surface area contributed by atoms with Crippen LogP contribution in [0.5, 0.6) is 0 Å². The van der Waals surface area contributed by atoms with Crippen molar-refractivity contribution in [3.63, 3.8) is 0 Å². The van der Waals surface area contributed by atoms with E-state index in [4.69, 9.17) is 11.5 Å². The van der Waals surface area contributed by atoms with Gasteiger partial charge in [-0.05, 0) is 30.3 Å². The van der Waals surface area contributed by atoms with Crippen LogP contribution in [0.25, 0.3) is 27.5 Å². The third-order valence-corrected chi connectivity index (χ3v) is 3.92. The molecule has 0 spiro atoms. The Bertz CT molecular complexity index is 1100. The molecule has 0 atom stereocenters. The highest BCUT2D eigenvalue weighted by Gasteiger charge is 2.12. The Hall–Kier alpha value is -3.68. The van der Waals surface area contributed by atoms with E-state index in [2.05, 4.69) is 9.97 Å². The third kappa shape index (κ3) is 2.01. The minimum absolute atomic E-state index is 0.0498. The molecule has 0 amide bonds. The first-order chi connectivity index (χ1) is 11.5. The monoisotopic (exact) mass is 320 g/mol. The maximum atomic E-state index is 10.8. The highest BCUT2D eigenvalue weighted by atomic mass is 16.6. The fourth-order valence-corrected chi connectivity index (χ4v) is 2.86. The molecule has 4 aromatic rings. The van der Waals surface area contributed by atoms with Gasteiger partial charge in [0.2, 0.25) is 5.95 Å². The molecule has 2 aromatic carbocycles. The van der Waals surface area contributed by atoms with Crippen molar-refractivity contribution >= 4 is 39.3 Å². The predicted octanol–water partition coefficient (Wildman–Crippen LogP) is 2.65. The zero-order valence-corrected chi connectivity index (χ0v) is 12.4. The number of non-ortho nitro benzene ring substituents is 1. The maximum Gasteiger partial charge on any atom is 0.269 e. The SMILES string of the molecule is Nc1nc(N)c2c(ccc3c2ccn3-c2ccc([N+](=O)[O-])cc2)n1. The zero-order chi connectivity index (χ0) is 16.8. The number of nitrogens with two attached hydrogens (primary N) is 2. The Labute approximate surface area is 135 Å². The normalized spacial score (nSPS) is 11.2. The first kappa shape index (κ1) is 13.9. The summed E-state index contributed by atoms with van der Waals surface area (Å²) in [7, 11) is 0. The van der Waals surface area contributed by atoms with Crippen molar-refractivity contribution in [3.05, 3.63) is 58.8 Å². The van der Waals surface area contributed by atoms with Crippen LogP contribution in [0.4, 0.5) is 17.5 Å². The summed E-state index contributed by atoms with van der Waals surface area (Å²) >= 11 is 0. The largest absolute Gasteiger partial charge is 0.383 e. The lowest BCUT2D eigenvalue weighted by Gasteiger charge is -2.07. The third-order valence-electron chi connectivity index (χ3n) is 3.92. The quantitative estimate of drug-likeness (QED) is 0.432. The second-order valence-electron chi connectivity index (χ2n) is 5.32. The van der Waals surface area contributed by atoms with E-state index >= 15 is 0 Å². The van der Waals surface area contributed by atoms with Gasteiger partial charge in [0.15, 0.2) is 0 Å². The molecule has 8 nitrogen and oxygen atoms in total. The lowest BCUT2D eigenvalue weighted by molar-refractivity contribution is -0.384. The number of rotatable bonds is 2. The molecule has 0 aliphatic carbocycles. The molecule has 0 fully saturated rings. The molecule has 0 saturated heterocycles. The van der Waals surface area contributed by atoms with Crippen LogP contribution in [0.3, 0.4) is 0 Å². The van der Waals surface area contributed by atoms with Crippen LogP contribution in [0.15, 0.2) is 48.7 Å². The maximum absolute atomic E-state index is 10.8. The Kier molecular flexibility index (Phi) is 2.86. The van der Waals surface area contributed by atoms with Crippen molar-refractivity contribution in [2.24, 2.45) is 0 Å². The van der Waals surface area contributed by atoms with E-state index in [0.29, 0.717) is 11.3 Å². The van der Waals surface area contributed by atoms with Gasteiger partial charge in [0.25, 0.3) is 5.69 Å². The van der Waals surface area contributed by atoms with E-state index in [9.17, 15) is 10.1 Å². The summed E-state index contributed by atoms with van der Waals surface area (Å²) < 4.78 is 1.92. The number of hydrogen-bond acceptors (Lipinski definition) is 6. The van der Waals surface area contributed by atoms with Crippen LogP contribution in [0.1, 0.15) is 0 Å². The molecule has 2 heterocycles. The number of hydrogen-bond donors (Lipinski definition) is 2. The van der Waals surface area contributed by atoms with E-state index < -0.39 is 4.92 Å². The molecule has 4 N–H and O–H groups in total. The smallest absolute Gasteiger partial charge is 0.269 e. The summed E-state index contributed by atoms with van der Waals surface area (Å²) in [5, 5.41) is 12.4. The molecule has 118 valence electrons. The summed E-state index contributed by atoms with van der Waals surface area (Å²) in [6.07, 6.45) is 1.88. The Balaban J connectivity index is 1.95. The van der Waals surface area contributed by atoms with Crippen LogP contribution in [-0.2, 0) is 0 Å². The van der Waals surface area contributed by atoms with Gasteiger partial charge in [-0.2, -0.15) is 4.98 Å². The number of anilines is 2. The lowest BCUT2D eigenvalue weighted by Crippen LogP contribution is -2.01. The van der Waals surface area contributed by atoms with Gasteiger partial charge in [0.1, 0.15) is 5.82 Å². The summed E-state index contributed by atoms with van der Waals surface area (Å²) in [6, 6.07) is 12.0. The molecule has 4 rings (SSSR count). The second-order valence-corrected chi connectivity index (χ2v) is 5.32. The van der Waals surface area contributed by atoms with Gasteiger partial charge in [-0.1, -0.05) is 0 Å². The van der Waals surface area contributed by atoms with Gasteiger partial charge in [-0.3, -0.25) is 10.1 Å². The van der Waals surface area contributed by atoms with Gasteiger partial charge >= 0.3 is 0 Å². The molecule has 0 bridgehead atoms. The van der Waals surface area contributed by atoms with Gasteiger partial charge in [-0.15, -0.1) is 0 Å².